The number of carboxylic acid groups (broad SMARTS) is 1. The van der Waals surface area contributed by atoms with Crippen molar-refractivity contribution in [2.24, 2.45) is 67.8 Å². The van der Waals surface area contributed by atoms with Crippen LogP contribution in [-0.2, 0) is 14.3 Å². The molecular formula is C44H67N5O5. The number of carbonyl (C=O) groups is 1. The second kappa shape index (κ2) is 12.9. The van der Waals surface area contributed by atoms with Crippen molar-refractivity contribution < 1.29 is 24.1 Å². The van der Waals surface area contributed by atoms with Crippen LogP contribution >= 0.6 is 0 Å². The van der Waals surface area contributed by atoms with Gasteiger partial charge in [0.1, 0.15) is 6.33 Å². The van der Waals surface area contributed by atoms with Crippen molar-refractivity contribution in [1.29, 1.82) is 0 Å². The maximum absolute atomic E-state index is 13.6. The number of rotatable bonds is 8. The van der Waals surface area contributed by atoms with Crippen LogP contribution in [0.4, 0.5) is 0 Å². The Morgan fingerprint density at radius 1 is 1.13 bits per heavy atom. The molecule has 2 aromatic rings. The summed E-state index contributed by atoms with van der Waals surface area (Å²) in [4.78, 5) is 18.3. The maximum Gasteiger partial charge on any atom is 0.307 e. The molecule has 0 unspecified atom stereocenters. The highest BCUT2D eigenvalue weighted by molar-refractivity contribution is 5.73. The molecule has 10 heteroatoms. The largest absolute Gasteiger partial charge is 0.619 e. The van der Waals surface area contributed by atoms with Gasteiger partial charge in [0.05, 0.1) is 43.4 Å². The van der Waals surface area contributed by atoms with Crippen LogP contribution in [0, 0.1) is 67.3 Å². The molecule has 3 saturated carbocycles. The Bertz CT molecular complexity index is 1800. The van der Waals surface area contributed by atoms with Gasteiger partial charge in [0, 0.05) is 22.4 Å². The topological polar surface area (TPSA) is 139 Å². The van der Waals surface area contributed by atoms with E-state index in [0.29, 0.717) is 49.0 Å². The van der Waals surface area contributed by atoms with Crippen molar-refractivity contribution in [3.63, 3.8) is 0 Å². The lowest BCUT2D eigenvalue weighted by atomic mass is 9.34. The van der Waals surface area contributed by atoms with E-state index < -0.39 is 22.8 Å². The molecule has 54 heavy (non-hydrogen) atoms. The van der Waals surface area contributed by atoms with E-state index in [0.717, 1.165) is 43.3 Å². The molecule has 298 valence electrons. The number of hydrogen-bond donors (Lipinski definition) is 2. The standard InChI is InChI=1S/C44H67N5O5/c1-27(2)28(3)39(7)18-19-41(9)30-14-15-33-40(8)23-53-25-44(33,31(30)16-17-42(41,10)34(39)37(50)51)21-32(35(40)54-24-43(11,45)38(4,5)6)49-26-46-36(47-49)29-13-12-20-48(52)22-29/h12-13,16,20,22,26-28,30,32-35H,14-15,17-19,21,23-25,45H2,1-11H3,(H,50,51)/t28-,30+,32-,33+,34-,35+,39-,40-,41-,42+,43+,44+/m1/s1. The molecule has 1 aliphatic heterocycles. The van der Waals surface area contributed by atoms with E-state index >= 15 is 0 Å². The van der Waals surface area contributed by atoms with Crippen molar-refractivity contribution in [2.45, 2.75) is 132 Å². The van der Waals surface area contributed by atoms with Crippen LogP contribution in [-0.4, -0.2) is 57.3 Å². The molecule has 0 radical (unpaired) electrons. The van der Waals surface area contributed by atoms with Gasteiger partial charge in [-0.3, -0.25) is 4.79 Å². The number of nitrogens with two attached hydrogens (primary N) is 1. The van der Waals surface area contributed by atoms with Crippen LogP contribution in [0.15, 0.2) is 42.5 Å². The van der Waals surface area contributed by atoms with E-state index in [-0.39, 0.29) is 45.1 Å². The van der Waals surface area contributed by atoms with Crippen molar-refractivity contribution in [1.82, 2.24) is 14.8 Å². The lowest BCUT2D eigenvalue weighted by molar-refractivity contribution is -0.604. The fourth-order valence-electron chi connectivity index (χ4n) is 12.8. The third-order valence-corrected chi connectivity index (χ3v) is 17.2. The van der Waals surface area contributed by atoms with E-state index in [4.69, 9.17) is 25.3 Å². The zero-order valence-electron chi connectivity index (χ0n) is 34.8. The van der Waals surface area contributed by atoms with Gasteiger partial charge in [-0.2, -0.15) is 9.83 Å². The summed E-state index contributed by atoms with van der Waals surface area (Å²) in [5.41, 5.74) is 6.89. The number of nitrogens with zero attached hydrogens (tertiary/aromatic N) is 4. The summed E-state index contributed by atoms with van der Waals surface area (Å²) in [7, 11) is 0. The molecular weight excluding hydrogens is 679 g/mol. The molecule has 2 bridgehead atoms. The molecule has 4 fully saturated rings. The van der Waals surface area contributed by atoms with Gasteiger partial charge in [0.15, 0.2) is 18.2 Å². The smallest absolute Gasteiger partial charge is 0.307 e. The number of ether oxygens (including phenoxy) is 2. The molecule has 3 heterocycles. The molecule has 2 aromatic heterocycles. The minimum atomic E-state index is -0.640. The van der Waals surface area contributed by atoms with Gasteiger partial charge in [-0.1, -0.05) is 80.9 Å². The summed E-state index contributed by atoms with van der Waals surface area (Å²) < 4.78 is 16.7. The number of hydrogen-bond acceptors (Lipinski definition) is 7. The fourth-order valence-corrected chi connectivity index (χ4v) is 12.8. The van der Waals surface area contributed by atoms with Crippen molar-refractivity contribution in [3.8, 4) is 11.4 Å². The summed E-state index contributed by atoms with van der Waals surface area (Å²) in [5, 5.41) is 28.4. The third kappa shape index (κ3) is 5.57. The molecule has 0 amide bonds. The van der Waals surface area contributed by atoms with Gasteiger partial charge >= 0.3 is 5.97 Å². The van der Waals surface area contributed by atoms with Gasteiger partial charge < -0.3 is 25.5 Å². The molecule has 0 spiro atoms. The van der Waals surface area contributed by atoms with E-state index in [2.05, 4.69) is 82.2 Å². The minimum absolute atomic E-state index is 0.163. The average Bonchev–Trinajstić information content (AvgIpc) is 3.57. The van der Waals surface area contributed by atoms with Gasteiger partial charge in [-0.15, -0.1) is 0 Å². The monoisotopic (exact) mass is 746 g/mol. The Labute approximate surface area is 323 Å². The second-order valence-electron chi connectivity index (χ2n) is 21.0. The van der Waals surface area contributed by atoms with Crippen LogP contribution in [0.3, 0.4) is 0 Å². The zero-order chi connectivity index (χ0) is 39.4. The summed E-state index contributed by atoms with van der Waals surface area (Å²) in [6.45, 7) is 26.3. The van der Waals surface area contributed by atoms with Crippen molar-refractivity contribution in [3.05, 3.63) is 47.7 Å². The molecule has 3 N–H and O–H groups in total. The highest BCUT2D eigenvalue weighted by atomic mass is 16.5. The van der Waals surface area contributed by atoms with E-state index in [9.17, 15) is 15.1 Å². The first kappa shape index (κ1) is 39.4. The highest BCUT2D eigenvalue weighted by Crippen LogP contribution is 2.75. The Morgan fingerprint density at radius 2 is 1.85 bits per heavy atom. The van der Waals surface area contributed by atoms with Gasteiger partial charge in [0.2, 0.25) is 0 Å². The zero-order valence-corrected chi connectivity index (χ0v) is 34.8. The predicted molar refractivity (Wildman–Crippen MR) is 209 cm³/mol. The lowest BCUT2D eigenvalue weighted by Gasteiger charge is -2.71. The van der Waals surface area contributed by atoms with E-state index in [1.165, 1.54) is 18.0 Å². The summed E-state index contributed by atoms with van der Waals surface area (Å²) in [6.07, 6.45) is 12.5. The van der Waals surface area contributed by atoms with Crippen molar-refractivity contribution in [2.75, 3.05) is 19.8 Å². The van der Waals surface area contributed by atoms with E-state index in [1.807, 2.05) is 17.1 Å². The number of fused-ring (bicyclic) bond motifs is 3. The quantitative estimate of drug-likeness (QED) is 0.158. The van der Waals surface area contributed by atoms with Crippen molar-refractivity contribution >= 4 is 5.97 Å². The van der Waals surface area contributed by atoms with Gasteiger partial charge in [-0.05, 0) is 96.8 Å². The molecule has 12 atom stereocenters. The minimum Gasteiger partial charge on any atom is -0.619 e. The molecule has 5 aliphatic rings. The summed E-state index contributed by atoms with van der Waals surface area (Å²) in [6, 6.07) is 3.42. The van der Waals surface area contributed by atoms with Gasteiger partial charge in [0.25, 0.3) is 0 Å². The van der Waals surface area contributed by atoms with Crippen LogP contribution in [0.2, 0.25) is 0 Å². The Hall–Kier alpha value is -2.82. The number of carboxylic acids is 1. The lowest BCUT2D eigenvalue weighted by Crippen LogP contribution is -2.69. The first-order valence-electron chi connectivity index (χ1n) is 20.6. The van der Waals surface area contributed by atoms with Crippen LogP contribution < -0.4 is 10.5 Å². The molecule has 7 rings (SSSR count). The summed E-state index contributed by atoms with van der Waals surface area (Å²) >= 11 is 0. The molecule has 1 saturated heterocycles. The molecule has 0 aromatic carbocycles. The predicted octanol–water partition coefficient (Wildman–Crippen LogP) is 7.86. The Morgan fingerprint density at radius 3 is 2.50 bits per heavy atom. The van der Waals surface area contributed by atoms with Gasteiger partial charge in [-0.25, -0.2) is 9.67 Å². The highest BCUT2D eigenvalue weighted by Gasteiger charge is 2.72. The maximum atomic E-state index is 13.6. The first-order valence-corrected chi connectivity index (χ1v) is 20.6. The molecule has 10 nitrogen and oxygen atoms in total. The Balaban J connectivity index is 1.33. The SMILES string of the molecule is CC(C)[C@@H](C)[C@@]1(C)CC[C@]2(C)[C@H]3CC[C@@H]4[C@@]5(COC[C@@]4(C)[C@@H](OC[C@](C)(N)C(C)(C)C)[C@H](n4cnc(-c6ccc[n+]([O-])c6)n4)C5)C3=CC[C@@]2(C)[C@@H]1C(=O)O. The second-order valence-corrected chi connectivity index (χ2v) is 21.0. The number of aromatic nitrogens is 4. The third-order valence-electron chi connectivity index (χ3n) is 17.2. The first-order chi connectivity index (χ1) is 25.1. The fraction of sp³-hybridized carbons (Fsp3) is 0.773. The van der Waals surface area contributed by atoms with Crippen LogP contribution in [0.1, 0.15) is 121 Å². The molecule has 4 aliphatic carbocycles. The van der Waals surface area contributed by atoms with E-state index in [1.54, 1.807) is 6.07 Å². The number of aliphatic carboxylic acids is 1. The number of allylic oxidation sites excluding steroid dienone is 1. The normalized spacial score (nSPS) is 40.8. The summed E-state index contributed by atoms with van der Waals surface area (Å²) in [5.74, 6) is 0.695. The van der Waals surface area contributed by atoms with Crippen LogP contribution in [0.5, 0.6) is 0 Å². The van der Waals surface area contributed by atoms with Crippen LogP contribution in [0.25, 0.3) is 11.4 Å². The average molecular weight is 746 g/mol. The number of pyridine rings is 1. The Kier molecular flexibility index (Phi) is 9.38.